The first-order valence-electron chi connectivity index (χ1n) is 8.38. The lowest BCUT2D eigenvalue weighted by atomic mass is 9.86. The van der Waals surface area contributed by atoms with Crippen molar-refractivity contribution in [3.63, 3.8) is 0 Å². The highest BCUT2D eigenvalue weighted by molar-refractivity contribution is 5.84. The highest BCUT2D eigenvalue weighted by atomic mass is 16.6. The van der Waals surface area contributed by atoms with Crippen LogP contribution in [0.15, 0.2) is 0 Å². The van der Waals surface area contributed by atoms with Crippen LogP contribution in [0, 0.1) is 11.3 Å². The zero-order valence-corrected chi connectivity index (χ0v) is 15.4. The summed E-state index contributed by atoms with van der Waals surface area (Å²) < 4.78 is 5.48. The zero-order valence-electron chi connectivity index (χ0n) is 15.4. The van der Waals surface area contributed by atoms with E-state index in [0.717, 1.165) is 0 Å². The molecule has 4 atom stereocenters. The van der Waals surface area contributed by atoms with Crippen LogP contribution in [0.2, 0.25) is 0 Å². The van der Waals surface area contributed by atoms with Crippen molar-refractivity contribution < 1.29 is 14.3 Å². The fourth-order valence-electron chi connectivity index (χ4n) is 3.36. The summed E-state index contributed by atoms with van der Waals surface area (Å²) in [4.78, 5) is 28.7. The van der Waals surface area contributed by atoms with Gasteiger partial charge in [-0.1, -0.05) is 27.7 Å². The average Bonchev–Trinajstić information content (AvgIpc) is 2.87. The molecule has 0 saturated carbocycles. The summed E-state index contributed by atoms with van der Waals surface area (Å²) in [5, 5.41) is 0. The molecule has 2 fully saturated rings. The van der Waals surface area contributed by atoms with Crippen LogP contribution in [0.4, 0.5) is 4.79 Å². The molecule has 0 radical (unpaired) electrons. The third-order valence-electron chi connectivity index (χ3n) is 4.89. The molecule has 0 aliphatic carbocycles. The van der Waals surface area contributed by atoms with Crippen molar-refractivity contribution in [2.24, 2.45) is 17.1 Å². The molecular formula is C17H31N3O3. The van der Waals surface area contributed by atoms with Gasteiger partial charge in [-0.3, -0.25) is 4.79 Å². The molecule has 0 spiro atoms. The Hall–Kier alpha value is -1.30. The van der Waals surface area contributed by atoms with Crippen LogP contribution in [0.25, 0.3) is 0 Å². The van der Waals surface area contributed by atoms with Crippen LogP contribution in [-0.4, -0.2) is 58.6 Å². The first kappa shape index (κ1) is 18.0. The van der Waals surface area contributed by atoms with Gasteiger partial charge in [0.2, 0.25) is 5.91 Å². The number of carbonyl (C=O) groups excluding carboxylic acids is 2. The lowest BCUT2D eigenvalue weighted by molar-refractivity contribution is -0.137. The predicted octanol–water partition coefficient (Wildman–Crippen LogP) is 1.83. The Morgan fingerprint density at radius 2 is 1.52 bits per heavy atom. The molecule has 6 heteroatoms. The van der Waals surface area contributed by atoms with Crippen molar-refractivity contribution in [3.05, 3.63) is 0 Å². The van der Waals surface area contributed by atoms with Gasteiger partial charge in [-0.15, -0.1) is 0 Å². The van der Waals surface area contributed by atoms with E-state index in [-0.39, 0.29) is 35.4 Å². The highest BCUT2D eigenvalue weighted by Crippen LogP contribution is 2.37. The summed E-state index contributed by atoms with van der Waals surface area (Å²) in [6.45, 7) is 14.7. The smallest absolute Gasteiger partial charge is 0.410 e. The lowest BCUT2D eigenvalue weighted by Crippen LogP contribution is -2.57. The Kier molecular flexibility index (Phi) is 4.43. The number of hydrogen-bond acceptors (Lipinski definition) is 4. The number of likely N-dealkylation sites (tertiary alicyclic amines) is 2. The largest absolute Gasteiger partial charge is 0.444 e. The van der Waals surface area contributed by atoms with Crippen LogP contribution in [0.3, 0.4) is 0 Å². The maximum absolute atomic E-state index is 12.7. The van der Waals surface area contributed by atoms with Gasteiger partial charge in [0.05, 0.1) is 18.1 Å². The van der Waals surface area contributed by atoms with E-state index in [0.29, 0.717) is 13.1 Å². The molecule has 6 nitrogen and oxygen atoms in total. The standard InChI is InChI=1S/C17H31N3O3/c1-10-11-9-20(15(22)23-17(5,6)7)12(10)8-19(11)14(21)13(18)16(2,3)4/h10-13H,8-9,18H2,1-7H3/t10?,11?,12?,13-/m1/s1. The molecule has 23 heavy (non-hydrogen) atoms. The molecule has 0 aromatic carbocycles. The molecule has 2 saturated heterocycles. The summed E-state index contributed by atoms with van der Waals surface area (Å²) in [5.41, 5.74) is 5.35. The van der Waals surface area contributed by atoms with Gasteiger partial charge < -0.3 is 20.3 Å². The Morgan fingerprint density at radius 1 is 1.04 bits per heavy atom. The molecule has 132 valence electrons. The minimum absolute atomic E-state index is 0.0133. The summed E-state index contributed by atoms with van der Waals surface area (Å²) in [5.74, 6) is 0.235. The summed E-state index contributed by atoms with van der Waals surface area (Å²) >= 11 is 0. The Morgan fingerprint density at radius 3 is 1.91 bits per heavy atom. The summed E-state index contributed by atoms with van der Waals surface area (Å²) in [6.07, 6.45) is -0.288. The van der Waals surface area contributed by atoms with Gasteiger partial charge >= 0.3 is 6.09 Å². The summed E-state index contributed by atoms with van der Waals surface area (Å²) in [7, 11) is 0. The Labute approximate surface area is 139 Å². The fraction of sp³-hybridized carbons (Fsp3) is 0.882. The number of rotatable bonds is 1. The first-order valence-corrected chi connectivity index (χ1v) is 8.38. The average molecular weight is 325 g/mol. The van der Waals surface area contributed by atoms with Gasteiger partial charge in [-0.05, 0) is 26.2 Å². The van der Waals surface area contributed by atoms with E-state index in [4.69, 9.17) is 10.5 Å². The van der Waals surface area contributed by atoms with E-state index in [1.54, 1.807) is 4.90 Å². The van der Waals surface area contributed by atoms with E-state index in [9.17, 15) is 9.59 Å². The minimum atomic E-state index is -0.524. The second kappa shape index (κ2) is 5.65. The molecule has 0 aromatic heterocycles. The molecule has 2 aliphatic rings. The molecular weight excluding hydrogens is 294 g/mol. The first-order chi connectivity index (χ1) is 10.3. The fourth-order valence-corrected chi connectivity index (χ4v) is 3.36. The molecule has 2 N–H and O–H groups in total. The molecule has 2 heterocycles. The summed E-state index contributed by atoms with van der Waals surface area (Å²) in [6, 6.07) is -0.469. The van der Waals surface area contributed by atoms with Crippen molar-refractivity contribution in [1.82, 2.24) is 9.80 Å². The minimum Gasteiger partial charge on any atom is -0.444 e. The van der Waals surface area contributed by atoms with Gasteiger partial charge in [0.25, 0.3) is 0 Å². The van der Waals surface area contributed by atoms with Gasteiger partial charge in [0, 0.05) is 19.0 Å². The van der Waals surface area contributed by atoms with Crippen LogP contribution in [0.1, 0.15) is 48.5 Å². The third-order valence-corrected chi connectivity index (χ3v) is 4.89. The number of nitrogens with two attached hydrogens (primary N) is 1. The van der Waals surface area contributed by atoms with E-state index in [1.165, 1.54) is 0 Å². The maximum atomic E-state index is 12.7. The SMILES string of the molecule is CC1C2CN(C(=O)[C@@H](N)C(C)(C)C)C1CN2C(=O)OC(C)(C)C. The number of hydrogen-bond donors (Lipinski definition) is 1. The van der Waals surface area contributed by atoms with Crippen molar-refractivity contribution >= 4 is 12.0 Å². The number of nitrogens with zero attached hydrogens (tertiary/aromatic N) is 2. The van der Waals surface area contributed by atoms with Crippen molar-refractivity contribution in [3.8, 4) is 0 Å². The van der Waals surface area contributed by atoms with E-state index in [2.05, 4.69) is 6.92 Å². The number of amides is 2. The Bertz CT molecular complexity index is 492. The topological polar surface area (TPSA) is 75.9 Å². The zero-order chi connectivity index (χ0) is 17.7. The van der Waals surface area contributed by atoms with Crippen LogP contribution >= 0.6 is 0 Å². The third kappa shape index (κ3) is 3.47. The van der Waals surface area contributed by atoms with Crippen molar-refractivity contribution in [1.29, 1.82) is 0 Å². The van der Waals surface area contributed by atoms with E-state index >= 15 is 0 Å². The number of carbonyl (C=O) groups is 2. The highest BCUT2D eigenvalue weighted by Gasteiger charge is 2.54. The van der Waals surface area contributed by atoms with E-state index < -0.39 is 11.6 Å². The van der Waals surface area contributed by atoms with Gasteiger partial charge in [-0.2, -0.15) is 0 Å². The van der Waals surface area contributed by atoms with Crippen LogP contribution in [-0.2, 0) is 9.53 Å². The van der Waals surface area contributed by atoms with Crippen LogP contribution in [0.5, 0.6) is 0 Å². The van der Waals surface area contributed by atoms with Crippen LogP contribution < -0.4 is 5.73 Å². The molecule has 2 aliphatic heterocycles. The monoisotopic (exact) mass is 325 g/mol. The lowest BCUT2D eigenvalue weighted by Gasteiger charge is -2.38. The van der Waals surface area contributed by atoms with Gasteiger partial charge in [-0.25, -0.2) is 4.79 Å². The predicted molar refractivity (Wildman–Crippen MR) is 88.8 cm³/mol. The number of ether oxygens (including phenoxy) is 1. The molecule has 0 aromatic rings. The molecule has 3 unspecified atom stereocenters. The van der Waals surface area contributed by atoms with Crippen molar-refractivity contribution in [2.75, 3.05) is 13.1 Å². The second-order valence-corrected chi connectivity index (χ2v) is 8.96. The molecule has 2 rings (SSSR count). The molecule has 2 amide bonds. The number of fused-ring (bicyclic) bond motifs is 2. The number of piperazine rings is 1. The van der Waals surface area contributed by atoms with E-state index in [1.807, 2.05) is 46.4 Å². The normalized spacial score (nSPS) is 29.0. The second-order valence-electron chi connectivity index (χ2n) is 8.96. The quantitative estimate of drug-likeness (QED) is 0.798. The maximum Gasteiger partial charge on any atom is 0.410 e. The van der Waals surface area contributed by atoms with Gasteiger partial charge in [0.1, 0.15) is 5.60 Å². The van der Waals surface area contributed by atoms with Gasteiger partial charge in [0.15, 0.2) is 0 Å². The molecule has 2 bridgehead atoms. The van der Waals surface area contributed by atoms with Crippen molar-refractivity contribution in [2.45, 2.75) is 72.2 Å². The Balaban J connectivity index is 2.07.